The molecular weight excluding hydrogens is 1210 g/mol. The van der Waals surface area contributed by atoms with Gasteiger partial charge in [-0.25, -0.2) is 24.0 Å². The number of benzene rings is 8. The molecule has 7 N–H and O–H groups in total. The Kier molecular flexibility index (Phi) is 26.8. The Morgan fingerprint density at radius 2 is 0.780 bits per heavy atom. The predicted molar refractivity (Wildman–Crippen MR) is 367 cm³/mol. The highest BCUT2D eigenvalue weighted by molar-refractivity contribution is 8.01. The number of amides is 3. The lowest BCUT2D eigenvalue weighted by atomic mass is 9.84. The number of thioether (sulfide) groups is 3. The van der Waals surface area contributed by atoms with Gasteiger partial charge in [-0.05, 0) is 123 Å². The second-order valence-electron chi connectivity index (χ2n) is 22.8. The molecule has 476 valence electrons. The molecule has 0 spiro atoms. The third kappa shape index (κ3) is 20.8. The van der Waals surface area contributed by atoms with E-state index in [4.69, 9.17) is 19.9 Å². The van der Waals surface area contributed by atoms with E-state index < -0.39 is 68.9 Å². The van der Waals surface area contributed by atoms with E-state index in [1.807, 2.05) is 219 Å². The molecule has 0 saturated heterocycles. The van der Waals surface area contributed by atoms with Crippen molar-refractivity contribution >= 4 is 77.0 Å². The van der Waals surface area contributed by atoms with Crippen LogP contribution in [-0.4, -0.2) is 106 Å². The molecule has 0 radical (unpaired) electrons. The van der Waals surface area contributed by atoms with Gasteiger partial charge >= 0.3 is 30.1 Å². The van der Waals surface area contributed by atoms with Crippen LogP contribution in [0.2, 0.25) is 0 Å². The Labute approximate surface area is 546 Å². The number of alkyl carbamates (subject to hydrolysis) is 2. The van der Waals surface area contributed by atoms with E-state index in [0.29, 0.717) is 17.7 Å². The summed E-state index contributed by atoms with van der Waals surface area (Å²) >= 11 is 4.55. The highest BCUT2D eigenvalue weighted by Crippen LogP contribution is 2.50. The van der Waals surface area contributed by atoms with Crippen LogP contribution >= 0.6 is 35.3 Å². The van der Waals surface area contributed by atoms with Gasteiger partial charge in [-0.2, -0.15) is 11.8 Å². The maximum atomic E-state index is 12.8. The Morgan fingerprint density at radius 3 is 1.07 bits per heavy atom. The van der Waals surface area contributed by atoms with Gasteiger partial charge in [0.15, 0.2) is 0 Å². The SMILES string of the molecule is CC(C)(C)OC(=O)N[C@@H](CSC(c1ccccc1)(c1ccccc1)c1ccccc1)C(=O)O.CC(C)(C)OC(=O)N[C@@H](CSC(c1ccccc1)(c1ccccc1)c1ccccc1)C(=O)O.COC(=O)[C@H](CCSC)NC(=O)c1ccc(N)cc1-c1ccccc1. The van der Waals surface area contributed by atoms with Gasteiger partial charge in [0.05, 0.1) is 16.6 Å². The third-order valence-electron chi connectivity index (χ3n) is 13.8. The number of rotatable bonds is 23. The summed E-state index contributed by atoms with van der Waals surface area (Å²) in [5.74, 6) is -1.99. The predicted octanol–water partition coefficient (Wildman–Crippen LogP) is 14.3. The Balaban J connectivity index is 0.000000220. The van der Waals surface area contributed by atoms with Crippen molar-refractivity contribution in [3.8, 4) is 11.1 Å². The lowest BCUT2D eigenvalue weighted by Crippen LogP contribution is -2.45. The van der Waals surface area contributed by atoms with E-state index in [2.05, 4.69) is 16.0 Å². The molecule has 0 unspecified atom stereocenters. The van der Waals surface area contributed by atoms with Crippen LogP contribution in [0.3, 0.4) is 0 Å². The van der Waals surface area contributed by atoms with Gasteiger partial charge in [0, 0.05) is 22.8 Å². The van der Waals surface area contributed by atoms with Crippen molar-refractivity contribution in [1.82, 2.24) is 16.0 Å². The number of anilines is 1. The molecule has 0 bridgehead atoms. The minimum absolute atomic E-state index is 0.132. The van der Waals surface area contributed by atoms with E-state index in [1.165, 1.54) is 30.6 Å². The number of hydrogen-bond donors (Lipinski definition) is 6. The van der Waals surface area contributed by atoms with Gasteiger partial charge < -0.3 is 46.1 Å². The molecule has 18 heteroatoms. The van der Waals surface area contributed by atoms with Crippen LogP contribution in [0.1, 0.15) is 91.7 Å². The molecule has 8 aromatic rings. The van der Waals surface area contributed by atoms with Gasteiger partial charge in [-0.15, -0.1) is 23.5 Å². The van der Waals surface area contributed by atoms with Crippen LogP contribution in [0.5, 0.6) is 0 Å². The van der Waals surface area contributed by atoms with Gasteiger partial charge in [0.2, 0.25) is 0 Å². The maximum Gasteiger partial charge on any atom is 0.408 e. The topological polar surface area (TPSA) is 233 Å². The molecule has 0 fully saturated rings. The first kappa shape index (κ1) is 71.1. The van der Waals surface area contributed by atoms with Gasteiger partial charge in [0.25, 0.3) is 5.91 Å². The number of nitrogens with two attached hydrogens (primary N) is 1. The van der Waals surface area contributed by atoms with Crippen LogP contribution in [-0.2, 0) is 38.1 Å². The Morgan fingerprint density at radius 1 is 0.462 bits per heavy atom. The maximum absolute atomic E-state index is 12.8. The second kappa shape index (κ2) is 34.3. The third-order valence-corrected chi connectivity index (χ3v) is 17.7. The first-order valence-electron chi connectivity index (χ1n) is 29.4. The number of hydrogen-bond acceptors (Lipinski definition) is 13. The summed E-state index contributed by atoms with van der Waals surface area (Å²) < 4.78 is 14.0. The van der Waals surface area contributed by atoms with Crippen molar-refractivity contribution in [2.24, 2.45) is 0 Å². The summed E-state index contributed by atoms with van der Waals surface area (Å²) in [6.07, 6.45) is 0.958. The number of nitrogen functional groups attached to an aromatic ring is 1. The summed E-state index contributed by atoms with van der Waals surface area (Å²) in [5.41, 5.74) is 13.2. The first-order chi connectivity index (χ1) is 43.5. The molecule has 3 atom stereocenters. The van der Waals surface area contributed by atoms with Gasteiger partial charge in [0.1, 0.15) is 29.3 Å². The summed E-state index contributed by atoms with van der Waals surface area (Å²) in [6, 6.07) is 71.7. The summed E-state index contributed by atoms with van der Waals surface area (Å²) in [6.45, 7) is 10.4. The summed E-state index contributed by atoms with van der Waals surface area (Å²) in [4.78, 5) is 73.4. The van der Waals surface area contributed by atoms with E-state index in [-0.39, 0.29) is 17.4 Å². The number of esters is 1. The Hall–Kier alpha value is -8.97. The highest BCUT2D eigenvalue weighted by atomic mass is 32.2. The van der Waals surface area contributed by atoms with Crippen LogP contribution in [0.25, 0.3) is 11.1 Å². The summed E-state index contributed by atoms with van der Waals surface area (Å²) in [7, 11) is 1.32. The van der Waals surface area contributed by atoms with E-state index in [9.17, 15) is 39.0 Å². The van der Waals surface area contributed by atoms with E-state index >= 15 is 0 Å². The minimum atomic E-state index is -1.12. The highest BCUT2D eigenvalue weighted by Gasteiger charge is 2.41. The number of carbonyl (C=O) groups is 6. The number of carboxylic acids is 2. The first-order valence-corrected chi connectivity index (χ1v) is 32.8. The quantitative estimate of drug-likeness (QED) is 0.0151. The molecule has 8 rings (SSSR count). The summed E-state index contributed by atoms with van der Waals surface area (Å²) in [5, 5.41) is 27.5. The molecule has 0 aliphatic rings. The number of carbonyl (C=O) groups excluding carboxylic acids is 4. The zero-order valence-electron chi connectivity index (χ0n) is 52.4. The molecule has 0 heterocycles. The van der Waals surface area contributed by atoms with E-state index in [1.54, 1.807) is 71.5 Å². The standard InChI is InChI=1S/2C27H29NO4S.C19H22N2O3S/c2*1-26(2,3)32-25(31)28-23(24(29)30)19-33-27(20-13-7-4-8-14-20,21-15-9-5-10-16-21)22-17-11-6-12-18-22;1-24-19(23)17(10-11-25-2)21-18(22)15-9-8-14(20)12-16(15)13-6-4-3-5-7-13/h2*4-18,23H,19H2,1-3H3,(H,28,31)(H,29,30);3-9,12,17H,10-11,20H2,1-2H3,(H,21,22)/t2*23-;17-/m000/s1. The van der Waals surface area contributed by atoms with Crippen molar-refractivity contribution in [3.05, 3.63) is 269 Å². The average Bonchev–Trinajstić information content (AvgIpc) is 0.856. The lowest BCUT2D eigenvalue weighted by molar-refractivity contribution is -0.143. The second-order valence-corrected chi connectivity index (χ2v) is 26.2. The van der Waals surface area contributed by atoms with E-state index in [0.717, 1.165) is 50.3 Å². The molecule has 8 aromatic carbocycles. The molecule has 0 saturated carbocycles. The largest absolute Gasteiger partial charge is 0.480 e. The zero-order valence-corrected chi connectivity index (χ0v) is 54.8. The van der Waals surface area contributed by atoms with Crippen LogP contribution < -0.4 is 21.7 Å². The van der Waals surface area contributed by atoms with Crippen molar-refractivity contribution in [3.63, 3.8) is 0 Å². The van der Waals surface area contributed by atoms with Crippen molar-refractivity contribution in [2.75, 3.05) is 36.4 Å². The molecule has 0 aliphatic carbocycles. The smallest absolute Gasteiger partial charge is 0.408 e. The molecule has 0 aliphatic heterocycles. The number of carboxylic acid groups (broad SMARTS) is 2. The number of nitrogens with one attached hydrogen (secondary N) is 3. The Bertz CT molecular complexity index is 3210. The van der Waals surface area contributed by atoms with Crippen molar-refractivity contribution in [1.29, 1.82) is 0 Å². The lowest BCUT2D eigenvalue weighted by Gasteiger charge is -2.36. The van der Waals surface area contributed by atoms with Crippen LogP contribution in [0, 0.1) is 0 Å². The molecular formula is C73H80N4O11S3. The normalized spacial score (nSPS) is 12.3. The van der Waals surface area contributed by atoms with Gasteiger partial charge in [-0.1, -0.05) is 212 Å². The fourth-order valence-electron chi connectivity index (χ4n) is 9.68. The zero-order chi connectivity index (χ0) is 66.0. The molecule has 15 nitrogen and oxygen atoms in total. The number of ether oxygens (including phenoxy) is 3. The molecule has 0 aromatic heterocycles. The van der Waals surface area contributed by atoms with Crippen LogP contribution in [0.15, 0.2) is 231 Å². The molecule has 91 heavy (non-hydrogen) atoms. The minimum Gasteiger partial charge on any atom is -0.480 e. The monoisotopic (exact) mass is 1280 g/mol. The molecule has 3 amide bonds. The van der Waals surface area contributed by atoms with Crippen molar-refractivity contribution < 1.29 is 53.2 Å². The number of aliphatic carboxylic acids is 2. The fourth-order valence-corrected chi connectivity index (χ4v) is 13.3. The fraction of sp³-hybridized carbons (Fsp3) is 0.260. The van der Waals surface area contributed by atoms with Crippen molar-refractivity contribution in [2.45, 2.75) is 86.8 Å². The average molecular weight is 1290 g/mol. The van der Waals surface area contributed by atoms with Crippen LogP contribution in [0.4, 0.5) is 15.3 Å². The van der Waals surface area contributed by atoms with Gasteiger partial charge in [-0.3, -0.25) is 4.79 Å². The number of methoxy groups -OCH3 is 1.